The van der Waals surface area contributed by atoms with Gasteiger partial charge >= 0.3 is 0 Å². The van der Waals surface area contributed by atoms with Gasteiger partial charge in [-0.1, -0.05) is 30.3 Å². The van der Waals surface area contributed by atoms with E-state index in [0.717, 1.165) is 5.56 Å². The van der Waals surface area contributed by atoms with E-state index >= 15 is 0 Å². The van der Waals surface area contributed by atoms with E-state index < -0.39 is 0 Å². The van der Waals surface area contributed by atoms with Crippen molar-refractivity contribution in [3.63, 3.8) is 0 Å². The Morgan fingerprint density at radius 2 is 1.87 bits per heavy atom. The van der Waals surface area contributed by atoms with E-state index in [4.69, 9.17) is 10.5 Å². The number of hydrogen-bond donors (Lipinski definition) is 2. The van der Waals surface area contributed by atoms with Gasteiger partial charge in [0.05, 0.1) is 19.1 Å². The summed E-state index contributed by atoms with van der Waals surface area (Å²) in [5.74, 6) is -0.462. The largest absolute Gasteiger partial charge is 0.378 e. The molecule has 0 bridgehead atoms. The molecule has 1 aliphatic rings. The van der Waals surface area contributed by atoms with Crippen LogP contribution >= 0.6 is 12.4 Å². The van der Waals surface area contributed by atoms with Gasteiger partial charge in [0.15, 0.2) is 0 Å². The van der Waals surface area contributed by atoms with Crippen molar-refractivity contribution in [3.8, 4) is 0 Å². The monoisotopic (exact) mass is 341 g/mol. The van der Waals surface area contributed by atoms with E-state index in [1.54, 1.807) is 4.90 Å². The molecule has 1 saturated heterocycles. The predicted octanol–water partition coefficient (Wildman–Crippen LogP) is 0.516. The Bertz CT molecular complexity index is 493. The minimum atomic E-state index is -0.375. The first-order valence-electron chi connectivity index (χ1n) is 7.60. The van der Waals surface area contributed by atoms with Gasteiger partial charge in [-0.25, -0.2) is 0 Å². The quantitative estimate of drug-likeness (QED) is 0.790. The molecule has 1 unspecified atom stereocenters. The Balaban J connectivity index is 0.00000264. The number of carbonyl (C=O) groups excluding carboxylic acids is 2. The minimum absolute atomic E-state index is 0. The molecule has 7 heteroatoms. The highest BCUT2D eigenvalue weighted by Gasteiger charge is 2.20. The molecule has 2 amide bonds. The molecular formula is C16H24ClN3O3. The van der Waals surface area contributed by atoms with Crippen molar-refractivity contribution < 1.29 is 14.3 Å². The van der Waals surface area contributed by atoms with E-state index in [2.05, 4.69) is 5.32 Å². The number of nitrogens with zero attached hydrogens (tertiary/aromatic N) is 1. The number of nitrogens with one attached hydrogen (secondary N) is 1. The molecule has 1 aromatic rings. The normalized spacial score (nSPS) is 15.4. The molecule has 23 heavy (non-hydrogen) atoms. The van der Waals surface area contributed by atoms with Crippen LogP contribution in [-0.4, -0.2) is 56.1 Å². The van der Waals surface area contributed by atoms with Crippen molar-refractivity contribution in [2.75, 3.05) is 39.4 Å². The summed E-state index contributed by atoms with van der Waals surface area (Å²) in [4.78, 5) is 26.0. The molecule has 1 aromatic carbocycles. The molecule has 2 rings (SSSR count). The van der Waals surface area contributed by atoms with Crippen LogP contribution in [0.2, 0.25) is 0 Å². The number of benzene rings is 1. The average molecular weight is 342 g/mol. The zero-order valence-corrected chi connectivity index (χ0v) is 13.9. The number of ether oxygens (including phenoxy) is 1. The predicted molar refractivity (Wildman–Crippen MR) is 90.5 cm³/mol. The summed E-state index contributed by atoms with van der Waals surface area (Å²) in [6, 6.07) is 9.43. The molecule has 3 N–H and O–H groups in total. The van der Waals surface area contributed by atoms with Crippen LogP contribution in [0.15, 0.2) is 30.3 Å². The lowest BCUT2D eigenvalue weighted by Gasteiger charge is -2.27. The van der Waals surface area contributed by atoms with Gasteiger partial charge in [-0.05, 0) is 5.56 Å². The van der Waals surface area contributed by atoms with Crippen LogP contribution in [0.5, 0.6) is 0 Å². The van der Waals surface area contributed by atoms with Gasteiger partial charge in [0.1, 0.15) is 0 Å². The molecule has 0 radical (unpaired) electrons. The lowest BCUT2D eigenvalue weighted by molar-refractivity contribution is -0.135. The Labute approximate surface area is 142 Å². The third kappa shape index (κ3) is 5.82. The van der Waals surface area contributed by atoms with E-state index in [1.807, 2.05) is 30.3 Å². The first-order valence-corrected chi connectivity index (χ1v) is 7.60. The van der Waals surface area contributed by atoms with Gasteiger partial charge in [-0.3, -0.25) is 9.59 Å². The Morgan fingerprint density at radius 3 is 2.48 bits per heavy atom. The molecule has 0 saturated carbocycles. The van der Waals surface area contributed by atoms with Crippen LogP contribution in [0.1, 0.15) is 17.9 Å². The highest BCUT2D eigenvalue weighted by molar-refractivity contribution is 5.85. The van der Waals surface area contributed by atoms with Crippen molar-refractivity contribution in [3.05, 3.63) is 35.9 Å². The van der Waals surface area contributed by atoms with Crippen LogP contribution in [0, 0.1) is 0 Å². The zero-order valence-electron chi connectivity index (χ0n) is 13.1. The van der Waals surface area contributed by atoms with Gasteiger partial charge < -0.3 is 20.7 Å². The summed E-state index contributed by atoms with van der Waals surface area (Å²) >= 11 is 0. The van der Waals surface area contributed by atoms with Crippen LogP contribution in [0.3, 0.4) is 0 Å². The molecule has 0 aliphatic carbocycles. The first kappa shape index (κ1) is 19.4. The van der Waals surface area contributed by atoms with Crippen molar-refractivity contribution in [1.82, 2.24) is 10.2 Å². The second-order valence-corrected chi connectivity index (χ2v) is 5.23. The Hall–Kier alpha value is -1.63. The third-order valence-electron chi connectivity index (χ3n) is 3.76. The number of rotatable bonds is 6. The molecule has 1 atom stereocenters. The van der Waals surface area contributed by atoms with Crippen molar-refractivity contribution in [2.24, 2.45) is 5.73 Å². The summed E-state index contributed by atoms with van der Waals surface area (Å²) in [5, 5.41) is 2.80. The maximum Gasteiger partial charge on any atom is 0.228 e. The number of nitrogens with two attached hydrogens (primary N) is 1. The fourth-order valence-corrected chi connectivity index (χ4v) is 2.47. The van der Waals surface area contributed by atoms with Gasteiger partial charge in [0.2, 0.25) is 11.8 Å². The van der Waals surface area contributed by atoms with Gasteiger partial charge in [-0.15, -0.1) is 12.4 Å². The van der Waals surface area contributed by atoms with Gasteiger partial charge in [-0.2, -0.15) is 0 Å². The average Bonchev–Trinajstić information content (AvgIpc) is 2.57. The topological polar surface area (TPSA) is 84.7 Å². The Kier molecular flexibility index (Phi) is 8.61. The number of hydrogen-bond acceptors (Lipinski definition) is 4. The summed E-state index contributed by atoms with van der Waals surface area (Å²) in [6.07, 6.45) is 0.303. The smallest absolute Gasteiger partial charge is 0.228 e. The Morgan fingerprint density at radius 1 is 1.22 bits per heavy atom. The van der Waals surface area contributed by atoms with Gasteiger partial charge in [0.25, 0.3) is 0 Å². The SMILES string of the molecule is Cl.NCC(C(=O)NCCC(=O)N1CCOCC1)c1ccccc1. The minimum Gasteiger partial charge on any atom is -0.378 e. The highest BCUT2D eigenvalue weighted by Crippen LogP contribution is 2.14. The highest BCUT2D eigenvalue weighted by atomic mass is 35.5. The summed E-state index contributed by atoms with van der Waals surface area (Å²) in [7, 11) is 0. The molecule has 1 fully saturated rings. The number of morpholine rings is 1. The summed E-state index contributed by atoms with van der Waals surface area (Å²) in [5.41, 5.74) is 6.60. The standard InChI is InChI=1S/C16H23N3O3.ClH/c17-12-14(13-4-2-1-3-5-13)16(21)18-7-6-15(20)19-8-10-22-11-9-19;/h1-5,14H,6-12,17H2,(H,18,21);1H. The lowest BCUT2D eigenvalue weighted by atomic mass is 9.98. The maximum atomic E-state index is 12.2. The van der Waals surface area contributed by atoms with Crippen LogP contribution in [0.4, 0.5) is 0 Å². The van der Waals surface area contributed by atoms with Crippen molar-refractivity contribution >= 4 is 24.2 Å². The lowest BCUT2D eigenvalue weighted by Crippen LogP contribution is -2.42. The van der Waals surface area contributed by atoms with Crippen molar-refractivity contribution in [1.29, 1.82) is 0 Å². The second kappa shape index (κ2) is 10.2. The molecule has 1 aliphatic heterocycles. The van der Waals surface area contributed by atoms with Gasteiger partial charge in [0, 0.05) is 32.6 Å². The van der Waals surface area contributed by atoms with Crippen molar-refractivity contribution in [2.45, 2.75) is 12.3 Å². The summed E-state index contributed by atoms with van der Waals surface area (Å²) in [6.45, 7) is 3.00. The van der Waals surface area contributed by atoms with Crippen LogP contribution in [-0.2, 0) is 14.3 Å². The second-order valence-electron chi connectivity index (χ2n) is 5.23. The molecule has 0 spiro atoms. The maximum absolute atomic E-state index is 12.2. The molecule has 128 valence electrons. The summed E-state index contributed by atoms with van der Waals surface area (Å²) < 4.78 is 5.21. The molecule has 1 heterocycles. The van der Waals surface area contributed by atoms with E-state index in [-0.39, 0.29) is 36.7 Å². The van der Waals surface area contributed by atoms with Crippen LogP contribution in [0.25, 0.3) is 0 Å². The third-order valence-corrected chi connectivity index (χ3v) is 3.76. The fourth-order valence-electron chi connectivity index (χ4n) is 2.47. The molecular weight excluding hydrogens is 318 g/mol. The molecule has 0 aromatic heterocycles. The first-order chi connectivity index (χ1) is 10.7. The number of halogens is 1. The van der Waals surface area contributed by atoms with E-state index in [1.165, 1.54) is 0 Å². The van der Waals surface area contributed by atoms with E-state index in [9.17, 15) is 9.59 Å². The fraction of sp³-hybridized carbons (Fsp3) is 0.500. The number of amides is 2. The zero-order chi connectivity index (χ0) is 15.8. The van der Waals surface area contributed by atoms with E-state index in [0.29, 0.717) is 39.3 Å². The number of carbonyl (C=O) groups is 2. The van der Waals surface area contributed by atoms with Crippen LogP contribution < -0.4 is 11.1 Å². The molecule has 6 nitrogen and oxygen atoms in total.